The number of allylic oxidation sites excluding steroid dienone is 4. The van der Waals surface area contributed by atoms with E-state index in [0.29, 0.717) is 60.5 Å². The van der Waals surface area contributed by atoms with Gasteiger partial charge in [-0.3, -0.25) is 14.5 Å². The predicted molar refractivity (Wildman–Crippen MR) is 106 cm³/mol. The van der Waals surface area contributed by atoms with Gasteiger partial charge >= 0.3 is 0 Å². The highest BCUT2D eigenvalue weighted by Crippen LogP contribution is 2.83. The van der Waals surface area contributed by atoms with Gasteiger partial charge in [-0.1, -0.05) is 24.3 Å². The number of carbonyl (C=O) groups excluding carboxylic acids is 2. The van der Waals surface area contributed by atoms with E-state index in [-0.39, 0.29) is 36.2 Å². The second-order valence-corrected chi connectivity index (χ2v) is 11.7. The molecule has 2 unspecified atom stereocenters. The van der Waals surface area contributed by atoms with Gasteiger partial charge in [-0.2, -0.15) is 0 Å². The zero-order valence-corrected chi connectivity index (χ0v) is 17.6. The SMILES string of the molecule is COCCN1C(=O)C23[C@@H]4O[C@@H]([C@@H]5[C@H]4[C@@H]4C=C[C@H]5C4)C2(C1=O)[C@@H]1O[C@H]3[C@@H]2[C@H]1[C@@H]1C=C[C@H]2C1. The number of methoxy groups -OCH3 is 1. The van der Waals surface area contributed by atoms with E-state index in [0.717, 1.165) is 0 Å². The fourth-order valence-electron chi connectivity index (χ4n) is 10.9. The van der Waals surface area contributed by atoms with E-state index in [1.54, 1.807) is 12.0 Å². The normalized spacial score (nSPS) is 64.2. The average Bonchev–Trinajstić information content (AvgIpc) is 3.62. The maximum absolute atomic E-state index is 14.3. The van der Waals surface area contributed by atoms with Crippen LogP contribution < -0.4 is 0 Å². The van der Waals surface area contributed by atoms with Crippen LogP contribution in [0.3, 0.4) is 0 Å². The Morgan fingerprint density at radius 1 is 0.806 bits per heavy atom. The molecule has 0 spiro atoms. The van der Waals surface area contributed by atoms with Crippen LogP contribution in [0.5, 0.6) is 0 Å². The average molecular weight is 421 g/mol. The second kappa shape index (κ2) is 4.87. The van der Waals surface area contributed by atoms with Crippen LogP contribution >= 0.6 is 0 Å². The highest BCUT2D eigenvalue weighted by molar-refractivity contribution is 6.13. The maximum Gasteiger partial charge on any atom is 0.242 e. The molecule has 9 aliphatic rings. The summed E-state index contributed by atoms with van der Waals surface area (Å²) < 4.78 is 18.9. The summed E-state index contributed by atoms with van der Waals surface area (Å²) in [7, 11) is 1.63. The highest BCUT2D eigenvalue weighted by Gasteiger charge is 2.96. The summed E-state index contributed by atoms with van der Waals surface area (Å²) in [5.41, 5.74) is -1.63. The third kappa shape index (κ3) is 1.36. The van der Waals surface area contributed by atoms with Gasteiger partial charge in [-0.05, 0) is 60.2 Å². The summed E-state index contributed by atoms with van der Waals surface area (Å²) in [5.74, 6) is 3.39. The lowest BCUT2D eigenvalue weighted by atomic mass is 9.42. The van der Waals surface area contributed by atoms with Crippen LogP contribution in [0.15, 0.2) is 24.3 Å². The number of rotatable bonds is 3. The molecule has 5 heterocycles. The first kappa shape index (κ1) is 17.0. The molecule has 8 bridgehead atoms. The predicted octanol–water partition coefficient (Wildman–Crippen LogP) is 1.41. The molecule has 14 atom stereocenters. The smallest absolute Gasteiger partial charge is 0.242 e. The molecule has 0 aromatic heterocycles. The fraction of sp³-hybridized carbons (Fsp3) is 0.760. The molecule has 7 fully saturated rings. The molecule has 2 saturated carbocycles. The molecule has 0 N–H and O–H groups in total. The molecule has 0 aromatic carbocycles. The van der Waals surface area contributed by atoms with E-state index in [1.165, 1.54) is 12.8 Å². The van der Waals surface area contributed by atoms with Crippen molar-refractivity contribution in [3.05, 3.63) is 24.3 Å². The van der Waals surface area contributed by atoms with Gasteiger partial charge in [0, 0.05) is 7.11 Å². The molecule has 31 heavy (non-hydrogen) atoms. The number of carbonyl (C=O) groups is 2. The van der Waals surface area contributed by atoms with Gasteiger partial charge in [0.05, 0.1) is 37.6 Å². The van der Waals surface area contributed by atoms with Crippen LogP contribution in [0, 0.1) is 58.2 Å². The first-order valence-electron chi connectivity index (χ1n) is 12.2. The summed E-state index contributed by atoms with van der Waals surface area (Å²) in [5, 5.41) is 0. The summed E-state index contributed by atoms with van der Waals surface area (Å²) in [6.07, 6.45) is 11.1. The first-order valence-corrected chi connectivity index (χ1v) is 12.2. The van der Waals surface area contributed by atoms with E-state index in [9.17, 15) is 9.59 Å². The molecule has 0 aromatic rings. The number of likely N-dealkylation sites (tertiary alicyclic amines) is 1. The summed E-state index contributed by atoms with van der Waals surface area (Å²) in [6.45, 7) is 0.729. The topological polar surface area (TPSA) is 65.1 Å². The minimum absolute atomic E-state index is 0.00930. The van der Waals surface area contributed by atoms with Crippen LogP contribution in [0.2, 0.25) is 0 Å². The van der Waals surface area contributed by atoms with Crippen molar-refractivity contribution in [2.24, 2.45) is 58.2 Å². The molecule has 6 heteroatoms. The van der Waals surface area contributed by atoms with Crippen LogP contribution in [-0.4, -0.2) is 61.4 Å². The summed E-state index contributed by atoms with van der Waals surface area (Å²) in [6, 6.07) is 0. The highest BCUT2D eigenvalue weighted by atomic mass is 16.6. The monoisotopic (exact) mass is 421 g/mol. The lowest BCUT2D eigenvalue weighted by Crippen LogP contribution is -2.67. The van der Waals surface area contributed by atoms with Gasteiger partial charge < -0.3 is 14.2 Å². The van der Waals surface area contributed by atoms with E-state index < -0.39 is 10.8 Å². The Hall–Kier alpha value is -1.50. The van der Waals surface area contributed by atoms with Crippen molar-refractivity contribution in [1.82, 2.24) is 4.90 Å². The van der Waals surface area contributed by atoms with E-state index >= 15 is 0 Å². The summed E-state index contributed by atoms with van der Waals surface area (Å²) in [4.78, 5) is 30.2. The Morgan fingerprint density at radius 3 is 1.55 bits per heavy atom. The van der Waals surface area contributed by atoms with Crippen molar-refractivity contribution in [3.63, 3.8) is 0 Å². The van der Waals surface area contributed by atoms with Crippen molar-refractivity contribution in [2.45, 2.75) is 37.3 Å². The Morgan fingerprint density at radius 2 is 1.19 bits per heavy atom. The van der Waals surface area contributed by atoms with Gasteiger partial charge in [-0.25, -0.2) is 0 Å². The molecule has 0 radical (unpaired) electrons. The quantitative estimate of drug-likeness (QED) is 0.509. The molecule has 2 amide bonds. The van der Waals surface area contributed by atoms with Gasteiger partial charge in [0.25, 0.3) is 0 Å². The minimum Gasteiger partial charge on any atom is -0.383 e. The van der Waals surface area contributed by atoms with Gasteiger partial charge in [-0.15, -0.1) is 0 Å². The van der Waals surface area contributed by atoms with Gasteiger partial charge in [0.15, 0.2) is 0 Å². The Balaban J connectivity index is 1.29. The number of imide groups is 1. The molecular weight excluding hydrogens is 394 g/mol. The van der Waals surface area contributed by atoms with E-state index in [4.69, 9.17) is 14.2 Å². The van der Waals surface area contributed by atoms with Gasteiger partial charge in [0.1, 0.15) is 10.8 Å². The van der Waals surface area contributed by atoms with E-state index in [2.05, 4.69) is 24.3 Å². The summed E-state index contributed by atoms with van der Waals surface area (Å²) >= 11 is 0. The first-order chi connectivity index (χ1) is 15.2. The van der Waals surface area contributed by atoms with Crippen molar-refractivity contribution < 1.29 is 23.8 Å². The van der Waals surface area contributed by atoms with Crippen LogP contribution in [-0.2, 0) is 23.8 Å². The molecule has 5 saturated heterocycles. The number of hydrogen-bond donors (Lipinski definition) is 0. The zero-order chi connectivity index (χ0) is 20.4. The van der Waals surface area contributed by atoms with Crippen LogP contribution in [0.25, 0.3) is 0 Å². The fourth-order valence-corrected chi connectivity index (χ4v) is 10.9. The largest absolute Gasteiger partial charge is 0.383 e. The van der Waals surface area contributed by atoms with Crippen molar-refractivity contribution >= 4 is 11.8 Å². The Kier molecular flexibility index (Phi) is 2.68. The van der Waals surface area contributed by atoms with Crippen LogP contribution in [0.4, 0.5) is 0 Å². The zero-order valence-electron chi connectivity index (χ0n) is 17.6. The maximum atomic E-state index is 14.3. The van der Waals surface area contributed by atoms with E-state index in [1.807, 2.05) is 0 Å². The molecule has 4 aliphatic carbocycles. The molecule has 5 aliphatic heterocycles. The van der Waals surface area contributed by atoms with Gasteiger partial charge in [0.2, 0.25) is 11.8 Å². The van der Waals surface area contributed by atoms with Crippen molar-refractivity contribution in [2.75, 3.05) is 20.3 Å². The lowest BCUT2D eigenvalue weighted by Gasteiger charge is -2.52. The standard InChI is InChI=1S/C25H27NO5/c1-29-7-6-26-22(27)24-18-14-10-2-3-11(8-10)15(14)19(30-18)25(24,23(26)28)21-17-13-5-4-12(9-13)16(17)20(24)31-21/h2-5,10-21H,6-9H2,1H3/t10-,11+,12+,13-,14-,15+,16+,17-,18-,19+,20+,21-,24?,25?. The number of nitrogens with zero attached hydrogens (tertiary/aromatic N) is 1. The molecule has 162 valence electrons. The van der Waals surface area contributed by atoms with Crippen molar-refractivity contribution in [3.8, 4) is 0 Å². The number of ether oxygens (including phenoxy) is 3. The third-order valence-corrected chi connectivity index (χ3v) is 11.3. The molecule has 9 rings (SSSR count). The molecular formula is C25H27NO5. The Bertz CT molecular complexity index is 893. The van der Waals surface area contributed by atoms with Crippen LogP contribution in [0.1, 0.15) is 12.8 Å². The molecule has 6 nitrogen and oxygen atoms in total. The number of fused-ring (bicyclic) bond motifs is 18. The second-order valence-electron chi connectivity index (χ2n) is 11.7. The lowest BCUT2D eigenvalue weighted by molar-refractivity contribution is -0.155. The third-order valence-electron chi connectivity index (χ3n) is 11.3. The van der Waals surface area contributed by atoms with Crippen molar-refractivity contribution in [1.29, 1.82) is 0 Å². The number of hydrogen-bond acceptors (Lipinski definition) is 5. The minimum atomic E-state index is -0.813. The Labute approximate surface area is 180 Å². The number of amides is 2.